The second-order valence-corrected chi connectivity index (χ2v) is 9.08. The molecule has 3 aliphatic carbocycles. The molecule has 1 spiro atoms. The lowest BCUT2D eigenvalue weighted by Crippen LogP contribution is -2.51. The first kappa shape index (κ1) is 18.5. The van der Waals surface area contributed by atoms with Gasteiger partial charge in [-0.2, -0.15) is 0 Å². The molecular weight excluding hydrogens is 320 g/mol. The highest BCUT2D eigenvalue weighted by Gasteiger charge is 2.43. The van der Waals surface area contributed by atoms with Crippen molar-refractivity contribution in [2.24, 2.45) is 28.9 Å². The lowest BCUT2D eigenvalue weighted by molar-refractivity contribution is -0.141. The molecule has 4 aliphatic rings. The Morgan fingerprint density at radius 2 is 1.46 bits per heavy atom. The summed E-state index contributed by atoms with van der Waals surface area (Å²) in [7, 11) is 0. The van der Waals surface area contributed by atoms with E-state index >= 15 is 0 Å². The minimum absolute atomic E-state index is 0. The quantitative estimate of drug-likeness (QED) is 0.769. The topological polar surface area (TPSA) is 46.3 Å². The van der Waals surface area contributed by atoms with E-state index in [9.17, 15) is 4.79 Å². The predicted octanol–water partition coefficient (Wildman–Crippen LogP) is 4.13. The number of hydrogen-bond donors (Lipinski definition) is 1. The number of hydrogen-bond acceptors (Lipinski definition) is 2. The molecule has 3 saturated carbocycles. The molecule has 0 radical (unpaired) electrons. The zero-order chi connectivity index (χ0) is 15.9. The Kier molecular flexibility index (Phi) is 5.81. The van der Waals surface area contributed by atoms with Crippen LogP contribution in [-0.4, -0.2) is 29.9 Å². The number of fused-ring (bicyclic) bond motifs is 2. The number of piperidine rings is 1. The van der Waals surface area contributed by atoms with Gasteiger partial charge in [-0.3, -0.25) is 4.79 Å². The maximum absolute atomic E-state index is 13.0. The largest absolute Gasteiger partial charge is 0.342 e. The maximum atomic E-state index is 13.0. The first-order valence-electron chi connectivity index (χ1n) is 10.2. The normalized spacial score (nSPS) is 38.5. The summed E-state index contributed by atoms with van der Waals surface area (Å²) in [6.45, 7) is 2.05. The van der Waals surface area contributed by atoms with E-state index in [1.54, 1.807) is 0 Å². The third kappa shape index (κ3) is 3.49. The molecule has 2 bridgehead atoms. The molecule has 1 amide bonds. The van der Waals surface area contributed by atoms with Crippen molar-refractivity contribution in [1.29, 1.82) is 0 Å². The van der Waals surface area contributed by atoms with Crippen molar-refractivity contribution >= 4 is 18.3 Å². The Bertz CT molecular complexity index is 425. The number of carbonyl (C=O) groups excluding carboxylic acids is 1. The first-order chi connectivity index (χ1) is 11.2. The third-order valence-corrected chi connectivity index (χ3v) is 7.81. The van der Waals surface area contributed by atoms with Crippen LogP contribution in [0.1, 0.15) is 77.0 Å². The Balaban J connectivity index is 0.00000169. The Morgan fingerprint density at radius 3 is 2.04 bits per heavy atom. The summed E-state index contributed by atoms with van der Waals surface area (Å²) >= 11 is 0. The standard InChI is InChI=1S/C20H34N2O.ClH/c21-18-15-5-4-6-16(18)14-17(13-15)19(23)22-11-9-20(10-12-22)7-2-1-3-8-20;/h15-18H,1-14,21H2;1H. The van der Waals surface area contributed by atoms with E-state index in [0.29, 0.717) is 29.2 Å². The van der Waals surface area contributed by atoms with Gasteiger partial charge in [0.05, 0.1) is 0 Å². The minimum Gasteiger partial charge on any atom is -0.342 e. The van der Waals surface area contributed by atoms with Crippen molar-refractivity contribution < 1.29 is 4.79 Å². The molecule has 3 nitrogen and oxygen atoms in total. The first-order valence-corrected chi connectivity index (χ1v) is 10.2. The molecule has 0 aromatic heterocycles. The molecule has 1 heterocycles. The van der Waals surface area contributed by atoms with Crippen molar-refractivity contribution in [3.8, 4) is 0 Å². The molecule has 1 aliphatic heterocycles. The Morgan fingerprint density at radius 1 is 0.875 bits per heavy atom. The molecule has 138 valence electrons. The third-order valence-electron chi connectivity index (χ3n) is 7.81. The van der Waals surface area contributed by atoms with E-state index < -0.39 is 0 Å². The van der Waals surface area contributed by atoms with E-state index in [4.69, 9.17) is 5.73 Å². The van der Waals surface area contributed by atoms with E-state index in [0.717, 1.165) is 25.9 Å². The van der Waals surface area contributed by atoms with E-state index in [1.165, 1.54) is 64.2 Å². The van der Waals surface area contributed by atoms with Gasteiger partial charge in [0.1, 0.15) is 0 Å². The van der Waals surface area contributed by atoms with Crippen LogP contribution < -0.4 is 5.73 Å². The van der Waals surface area contributed by atoms with Crippen molar-refractivity contribution in [2.45, 2.75) is 83.1 Å². The average Bonchev–Trinajstić information content (AvgIpc) is 2.55. The maximum Gasteiger partial charge on any atom is 0.225 e. The van der Waals surface area contributed by atoms with Crippen molar-refractivity contribution in [2.75, 3.05) is 13.1 Å². The molecule has 2 unspecified atom stereocenters. The molecule has 0 aromatic carbocycles. The van der Waals surface area contributed by atoms with Crippen molar-refractivity contribution in [3.63, 3.8) is 0 Å². The van der Waals surface area contributed by atoms with Crippen molar-refractivity contribution in [3.05, 3.63) is 0 Å². The van der Waals surface area contributed by atoms with Crippen LogP contribution in [0, 0.1) is 23.2 Å². The second kappa shape index (κ2) is 7.53. The zero-order valence-corrected chi connectivity index (χ0v) is 15.9. The summed E-state index contributed by atoms with van der Waals surface area (Å²) < 4.78 is 0. The van der Waals surface area contributed by atoms with E-state index in [-0.39, 0.29) is 18.3 Å². The highest BCUT2D eigenvalue weighted by molar-refractivity contribution is 5.85. The summed E-state index contributed by atoms with van der Waals surface area (Å²) in [6.07, 6.45) is 15.6. The minimum atomic E-state index is 0. The molecule has 2 N–H and O–H groups in total. The smallest absolute Gasteiger partial charge is 0.225 e. The lowest BCUT2D eigenvalue weighted by atomic mass is 9.64. The molecule has 1 saturated heterocycles. The summed E-state index contributed by atoms with van der Waals surface area (Å²) in [5.74, 6) is 1.99. The van der Waals surface area contributed by atoms with Crippen LogP contribution in [0.4, 0.5) is 0 Å². The number of nitrogens with zero attached hydrogens (tertiary/aromatic N) is 1. The SMILES string of the molecule is Cl.NC1C2CCCC1CC(C(=O)N1CCC3(CCCCC3)CC1)C2. The van der Waals surface area contributed by atoms with Crippen LogP contribution in [0.3, 0.4) is 0 Å². The molecule has 4 heteroatoms. The molecule has 0 aromatic rings. The molecule has 24 heavy (non-hydrogen) atoms. The van der Waals surface area contributed by atoms with Gasteiger partial charge in [0, 0.05) is 25.0 Å². The van der Waals surface area contributed by atoms with Crippen LogP contribution >= 0.6 is 12.4 Å². The summed E-state index contributed by atoms with van der Waals surface area (Å²) in [6, 6.07) is 0.375. The van der Waals surface area contributed by atoms with Gasteiger partial charge in [-0.1, -0.05) is 25.7 Å². The Labute approximate surface area is 153 Å². The lowest BCUT2D eigenvalue weighted by Gasteiger charge is -2.47. The zero-order valence-electron chi connectivity index (χ0n) is 15.0. The van der Waals surface area contributed by atoms with Gasteiger partial charge in [0.15, 0.2) is 0 Å². The van der Waals surface area contributed by atoms with E-state index in [2.05, 4.69) is 4.90 Å². The second-order valence-electron chi connectivity index (χ2n) is 9.08. The van der Waals surface area contributed by atoms with Crippen LogP contribution in [0.2, 0.25) is 0 Å². The van der Waals surface area contributed by atoms with Crippen LogP contribution in [0.15, 0.2) is 0 Å². The molecule has 2 atom stereocenters. The van der Waals surface area contributed by atoms with E-state index in [1.807, 2.05) is 0 Å². The average molecular weight is 355 g/mol. The number of rotatable bonds is 1. The number of halogens is 1. The Hall–Kier alpha value is -0.280. The number of carbonyl (C=O) groups is 1. The van der Waals surface area contributed by atoms with Crippen LogP contribution in [0.5, 0.6) is 0 Å². The molecular formula is C20H35ClN2O. The van der Waals surface area contributed by atoms with Gasteiger partial charge in [-0.05, 0) is 68.6 Å². The predicted molar refractivity (Wildman–Crippen MR) is 100 cm³/mol. The van der Waals surface area contributed by atoms with Crippen molar-refractivity contribution in [1.82, 2.24) is 4.90 Å². The number of likely N-dealkylation sites (tertiary alicyclic amines) is 1. The fourth-order valence-corrected chi connectivity index (χ4v) is 6.25. The molecule has 4 rings (SSSR count). The van der Waals surface area contributed by atoms with Gasteiger partial charge in [-0.25, -0.2) is 0 Å². The highest BCUT2D eigenvalue weighted by Crippen LogP contribution is 2.46. The summed E-state index contributed by atoms with van der Waals surface area (Å²) in [5, 5.41) is 0. The number of amides is 1. The van der Waals surface area contributed by atoms with Gasteiger partial charge in [0.2, 0.25) is 5.91 Å². The van der Waals surface area contributed by atoms with Gasteiger partial charge in [-0.15, -0.1) is 12.4 Å². The van der Waals surface area contributed by atoms with Gasteiger partial charge >= 0.3 is 0 Å². The highest BCUT2D eigenvalue weighted by atomic mass is 35.5. The van der Waals surface area contributed by atoms with Crippen LogP contribution in [0.25, 0.3) is 0 Å². The number of nitrogens with two attached hydrogens (primary N) is 1. The molecule has 4 fully saturated rings. The summed E-state index contributed by atoms with van der Waals surface area (Å²) in [4.78, 5) is 15.3. The van der Waals surface area contributed by atoms with Crippen LogP contribution in [-0.2, 0) is 4.79 Å². The monoisotopic (exact) mass is 354 g/mol. The van der Waals surface area contributed by atoms with Gasteiger partial charge < -0.3 is 10.6 Å². The summed E-state index contributed by atoms with van der Waals surface area (Å²) in [5.41, 5.74) is 6.99. The fraction of sp³-hybridized carbons (Fsp3) is 0.950. The van der Waals surface area contributed by atoms with Gasteiger partial charge in [0.25, 0.3) is 0 Å². The fourth-order valence-electron chi connectivity index (χ4n) is 6.25.